The molecule has 0 unspecified atom stereocenters. The summed E-state index contributed by atoms with van der Waals surface area (Å²) in [6.45, 7) is 3.53. The third-order valence-corrected chi connectivity index (χ3v) is 13.6. The van der Waals surface area contributed by atoms with Gasteiger partial charge < -0.3 is 24.9 Å². The predicted molar refractivity (Wildman–Crippen MR) is 288 cm³/mol. The molecule has 0 bridgehead atoms. The molecule has 0 radical (unpaired) electrons. The molecular weight excluding hydrogens is 1000 g/mol. The van der Waals surface area contributed by atoms with Crippen molar-refractivity contribution < 1.29 is 68.8 Å². The van der Waals surface area contributed by atoms with E-state index in [2.05, 4.69) is 26.9 Å². The number of ether oxygens (including phenoxy) is 2. The molecule has 10 rings (SSSR count). The molecule has 2 heterocycles. The van der Waals surface area contributed by atoms with Gasteiger partial charge in [-0.25, -0.2) is 19.6 Å². The van der Waals surface area contributed by atoms with E-state index in [4.69, 9.17) is 32.7 Å². The van der Waals surface area contributed by atoms with Gasteiger partial charge in [-0.3, -0.25) is 30.8 Å². The van der Waals surface area contributed by atoms with Crippen molar-refractivity contribution >= 4 is 59.3 Å². The quantitative estimate of drug-likeness (QED) is 0.0696. The fourth-order valence-corrected chi connectivity index (χ4v) is 9.01. The van der Waals surface area contributed by atoms with Crippen molar-refractivity contribution in [1.82, 2.24) is 19.1 Å². The minimum absolute atomic E-state index is 0. The van der Waals surface area contributed by atoms with Crippen LogP contribution in [0.3, 0.4) is 0 Å². The summed E-state index contributed by atoms with van der Waals surface area (Å²) in [6.07, 6.45) is 9.40. The number of nitrogens with one attached hydrogen (secondary N) is 2. The topological polar surface area (TPSA) is 197 Å². The Hall–Kier alpha value is -7.04. The van der Waals surface area contributed by atoms with Gasteiger partial charge in [0.2, 0.25) is 0 Å². The Morgan fingerprint density at radius 3 is 1.28 bits per heavy atom. The Kier molecular flexibility index (Phi) is 20.0. The van der Waals surface area contributed by atoms with Crippen molar-refractivity contribution in [2.45, 2.75) is 77.4 Å². The minimum Gasteiger partial charge on any atom is -0.870 e. The number of hydrogen-bond donors (Lipinski definition) is 3. The summed E-state index contributed by atoms with van der Waals surface area (Å²) < 4.78 is 14.5. The first-order valence-electron chi connectivity index (χ1n) is 22.9. The second kappa shape index (κ2) is 25.5. The Labute approximate surface area is 468 Å². The van der Waals surface area contributed by atoms with E-state index in [-0.39, 0.29) is 55.3 Å². The zero-order valence-electron chi connectivity index (χ0n) is 40.0. The maximum absolute atomic E-state index is 12.5. The van der Waals surface area contributed by atoms with Crippen LogP contribution in [0.5, 0.6) is 0 Å². The van der Waals surface area contributed by atoms with Crippen molar-refractivity contribution in [2.24, 2.45) is 0 Å². The molecule has 2 aliphatic carbocycles. The first-order chi connectivity index (χ1) is 34.4. The summed E-state index contributed by atoms with van der Waals surface area (Å²) in [4.78, 5) is 56.2. The number of imidazole rings is 2. The number of benzene rings is 6. The number of rotatable bonds is 14. The number of nitrogens with zero attached hydrogens (tertiary/aromatic N) is 4. The zero-order valence-corrected chi connectivity index (χ0v) is 43.5. The SMILES string of the molecule is C.C.C[C@@H](OC(=O)Nc1cncn1-c1ccc(-c2ccc(C3(C(=O)O)CC3)cc2)cc1)c1ccccc1Cl.C[C@@H](OC(=O)Nc1cncn1-c1ccc(-c2ccc(C3([C-]=O)CC3)cc2)cc1)c1ccccc1Cl.[Na+].[OH-]. The standard InChI is InChI=1S/C28H24ClN3O4.C28H23ClN3O3.2CH4.Na.H2O/c1-18(23-4-2-3-5-24(23)29)36-27(35)31-25-16-30-17-32(25)22-12-8-20(9-13-22)19-6-10-21(11-7-19)28(14-15-28)26(33)34;1-19(24-4-2-3-5-25(24)29)35-27(34)31-26-16-30-18-32(26)23-12-8-21(9-13-23)20-6-10-22(11-7-20)28(17-33)14-15-28;;;;/h2-13,16-18H,14-15H2,1H3,(H,31,35)(H,33,34);2-13,16,18-19H,14-15H2,1H3,(H,31,34);2*1H4;;1H2/q;-1;;;+1;/p-1/t18-;19-;;;;/m11..../s1. The van der Waals surface area contributed by atoms with Crippen molar-refractivity contribution in [2.75, 3.05) is 10.6 Å². The Balaban J connectivity index is 0.000000263. The van der Waals surface area contributed by atoms with Crippen LogP contribution in [0.15, 0.2) is 171 Å². The summed E-state index contributed by atoms with van der Waals surface area (Å²) in [6, 6.07) is 46.0. The fraction of sp³-hybridized carbons (Fsp3) is 0.207. The van der Waals surface area contributed by atoms with Crippen molar-refractivity contribution in [1.29, 1.82) is 0 Å². The van der Waals surface area contributed by atoms with Gasteiger partial charge in [-0.1, -0.05) is 166 Å². The number of carbonyl (C=O) groups excluding carboxylic acids is 3. The van der Waals surface area contributed by atoms with E-state index < -0.39 is 35.8 Å². The number of aromatic nitrogens is 4. The summed E-state index contributed by atoms with van der Waals surface area (Å²) in [5, 5.41) is 16.1. The number of anilines is 2. The van der Waals surface area contributed by atoms with E-state index in [1.807, 2.05) is 133 Å². The van der Waals surface area contributed by atoms with E-state index in [9.17, 15) is 24.3 Å². The molecule has 2 atom stereocenters. The number of carbonyl (C=O) groups is 3. The number of aliphatic carboxylic acids is 1. The summed E-state index contributed by atoms with van der Waals surface area (Å²) in [5.41, 5.74) is 7.97. The number of amides is 2. The van der Waals surface area contributed by atoms with Crippen LogP contribution in [0.2, 0.25) is 10.0 Å². The van der Waals surface area contributed by atoms with E-state index in [1.165, 1.54) is 0 Å². The van der Waals surface area contributed by atoms with Gasteiger partial charge in [0.25, 0.3) is 0 Å². The molecule has 2 aliphatic rings. The van der Waals surface area contributed by atoms with Crippen molar-refractivity contribution in [3.63, 3.8) is 0 Å². The van der Waals surface area contributed by atoms with Gasteiger partial charge in [-0.05, 0) is 90.9 Å². The average molecular weight is 1060 g/mol. The normalized spacial score (nSPS) is 13.9. The largest absolute Gasteiger partial charge is 1.00 e. The molecule has 0 saturated heterocycles. The number of carboxylic acid groups (broad SMARTS) is 1. The molecule has 2 fully saturated rings. The minimum atomic E-state index is -0.758. The van der Waals surface area contributed by atoms with Crippen LogP contribution in [-0.4, -0.2) is 54.1 Å². The van der Waals surface area contributed by atoms with Crippen LogP contribution in [0.1, 0.15) is 88.8 Å². The van der Waals surface area contributed by atoms with Crippen LogP contribution in [0.25, 0.3) is 33.6 Å². The molecule has 0 aliphatic heterocycles. The van der Waals surface area contributed by atoms with Gasteiger partial charge in [-0.15, -0.1) is 5.41 Å². The first kappa shape index (κ1) is 58.8. The third-order valence-electron chi connectivity index (χ3n) is 12.9. The van der Waals surface area contributed by atoms with Gasteiger partial charge in [0.1, 0.15) is 36.5 Å². The smallest absolute Gasteiger partial charge is 0.870 e. The Morgan fingerprint density at radius 1 is 0.587 bits per heavy atom. The van der Waals surface area contributed by atoms with E-state index >= 15 is 0 Å². The second-order valence-corrected chi connectivity index (χ2v) is 18.3. The molecule has 8 aromatic rings. The molecule has 6 aromatic carbocycles. The monoisotopic (exact) mass is 1060 g/mol. The van der Waals surface area contributed by atoms with Gasteiger partial charge in [0.05, 0.1) is 17.8 Å². The number of hydrogen-bond acceptors (Lipinski definition) is 9. The molecule has 75 heavy (non-hydrogen) atoms. The summed E-state index contributed by atoms with van der Waals surface area (Å²) in [5.74, 6) is 0.191. The van der Waals surface area contributed by atoms with Crippen LogP contribution in [0, 0.1) is 0 Å². The maximum atomic E-state index is 12.5. The number of carboxylic acids is 1. The molecule has 14 nitrogen and oxygen atoms in total. The Morgan fingerprint density at radius 2 is 0.947 bits per heavy atom. The predicted octanol–water partition coefficient (Wildman–Crippen LogP) is 11.4. The average Bonchev–Trinajstić information content (AvgIpc) is 4.28. The van der Waals surface area contributed by atoms with E-state index in [0.29, 0.717) is 34.5 Å². The maximum Gasteiger partial charge on any atom is 1.00 e. The molecular formula is C58H56Cl2N6NaO8-. The molecule has 2 saturated carbocycles. The first-order valence-corrected chi connectivity index (χ1v) is 23.7. The zero-order chi connectivity index (χ0) is 49.7. The molecule has 2 aromatic heterocycles. The van der Waals surface area contributed by atoms with Gasteiger partial charge in [-0.2, -0.15) is 0 Å². The molecule has 0 spiro atoms. The van der Waals surface area contributed by atoms with Crippen molar-refractivity contribution in [3.8, 4) is 33.6 Å². The molecule has 17 heteroatoms. The van der Waals surface area contributed by atoms with E-state index in [1.54, 1.807) is 60.2 Å². The fourth-order valence-electron chi connectivity index (χ4n) is 8.43. The summed E-state index contributed by atoms with van der Waals surface area (Å²) >= 11 is 12.4. The Bertz CT molecular complexity index is 3210. The molecule has 2 amide bonds. The van der Waals surface area contributed by atoms with Crippen LogP contribution in [0.4, 0.5) is 21.2 Å². The molecule has 382 valence electrons. The van der Waals surface area contributed by atoms with Gasteiger partial charge >= 0.3 is 47.7 Å². The molecule has 4 N–H and O–H groups in total. The van der Waals surface area contributed by atoms with E-state index in [0.717, 1.165) is 68.7 Å². The van der Waals surface area contributed by atoms with Crippen LogP contribution >= 0.6 is 23.2 Å². The van der Waals surface area contributed by atoms with Crippen molar-refractivity contribution in [3.05, 3.63) is 203 Å². The second-order valence-electron chi connectivity index (χ2n) is 17.5. The van der Waals surface area contributed by atoms with Gasteiger partial charge in [0.15, 0.2) is 0 Å². The third kappa shape index (κ3) is 13.3. The van der Waals surface area contributed by atoms with Crippen LogP contribution in [-0.2, 0) is 29.9 Å². The van der Waals surface area contributed by atoms with Gasteiger partial charge in [0, 0.05) is 32.5 Å². The summed E-state index contributed by atoms with van der Waals surface area (Å²) in [7, 11) is 0. The van der Waals surface area contributed by atoms with Crippen LogP contribution < -0.4 is 40.2 Å². The number of halogens is 2.